The molecule has 31 heavy (non-hydrogen) atoms. The first-order valence-corrected chi connectivity index (χ1v) is 10.7. The number of halogens is 4. The summed E-state index contributed by atoms with van der Waals surface area (Å²) in [5.74, 6) is -0.394. The second-order valence-corrected chi connectivity index (χ2v) is 8.03. The number of para-hydroxylation sites is 1. The standard InChI is InChI=1S/C21H20F4N4OS/c1-31-17-5-3-2-4-15(17)28-20(30)14-11-26-29-18(21(23,24)25)10-16(27-19(14)29)12-6-8-13(22)9-7-12/h2-9,11,16,18,20,27-28,30H,10H2,1H3/t16-,18+,20-/m0/s1. The summed E-state index contributed by atoms with van der Waals surface area (Å²) >= 11 is 1.48. The number of hydrogen-bond acceptors (Lipinski definition) is 5. The van der Waals surface area contributed by atoms with E-state index in [-0.39, 0.29) is 17.8 Å². The van der Waals surface area contributed by atoms with Crippen molar-refractivity contribution in [2.75, 3.05) is 16.9 Å². The minimum atomic E-state index is -4.54. The fourth-order valence-electron chi connectivity index (χ4n) is 3.68. The van der Waals surface area contributed by atoms with Crippen LogP contribution in [0.1, 0.15) is 35.9 Å². The number of hydrogen-bond donors (Lipinski definition) is 3. The van der Waals surface area contributed by atoms with Gasteiger partial charge in [0.2, 0.25) is 0 Å². The molecule has 1 aromatic heterocycles. The average Bonchev–Trinajstić information content (AvgIpc) is 3.17. The molecule has 0 saturated heterocycles. The number of thioether (sulfide) groups is 1. The summed E-state index contributed by atoms with van der Waals surface area (Å²) < 4.78 is 55.6. The van der Waals surface area contributed by atoms with E-state index >= 15 is 0 Å². The van der Waals surface area contributed by atoms with E-state index in [1.807, 2.05) is 18.4 Å². The van der Waals surface area contributed by atoms with Crippen molar-refractivity contribution in [3.8, 4) is 0 Å². The van der Waals surface area contributed by atoms with Crippen LogP contribution in [0.5, 0.6) is 0 Å². The predicted octanol–water partition coefficient (Wildman–Crippen LogP) is 5.51. The van der Waals surface area contributed by atoms with E-state index < -0.39 is 30.3 Å². The van der Waals surface area contributed by atoms with Crippen molar-refractivity contribution >= 4 is 23.3 Å². The summed E-state index contributed by atoms with van der Waals surface area (Å²) in [6, 6.07) is 10.0. The molecule has 164 valence electrons. The number of anilines is 2. The monoisotopic (exact) mass is 452 g/mol. The van der Waals surface area contributed by atoms with Crippen LogP contribution in [0.15, 0.2) is 59.6 Å². The average molecular weight is 452 g/mol. The van der Waals surface area contributed by atoms with Gasteiger partial charge in [0.25, 0.3) is 0 Å². The molecule has 0 aliphatic carbocycles. The van der Waals surface area contributed by atoms with E-state index in [9.17, 15) is 22.7 Å². The maximum Gasteiger partial charge on any atom is 0.410 e. The molecule has 3 aromatic rings. The Labute approximate surface area is 180 Å². The number of fused-ring (bicyclic) bond motifs is 1. The largest absolute Gasteiger partial charge is 0.410 e. The molecule has 0 amide bonds. The maximum atomic E-state index is 13.8. The van der Waals surface area contributed by atoms with Crippen LogP contribution >= 0.6 is 11.8 Å². The molecule has 1 aliphatic rings. The van der Waals surface area contributed by atoms with Gasteiger partial charge in [-0.2, -0.15) is 18.3 Å². The highest BCUT2D eigenvalue weighted by Crippen LogP contribution is 2.45. The number of rotatable bonds is 5. The van der Waals surface area contributed by atoms with E-state index in [4.69, 9.17) is 0 Å². The van der Waals surface area contributed by atoms with Gasteiger partial charge in [-0.25, -0.2) is 9.07 Å². The van der Waals surface area contributed by atoms with Gasteiger partial charge in [-0.3, -0.25) is 0 Å². The van der Waals surface area contributed by atoms with Crippen LogP contribution in [-0.2, 0) is 0 Å². The summed E-state index contributed by atoms with van der Waals surface area (Å²) in [5, 5.41) is 20.7. The minimum Gasteiger partial charge on any atom is -0.369 e. The molecule has 0 spiro atoms. The number of alkyl halides is 3. The third-order valence-electron chi connectivity index (χ3n) is 5.23. The molecule has 5 nitrogen and oxygen atoms in total. The van der Waals surface area contributed by atoms with Gasteiger partial charge >= 0.3 is 6.18 Å². The summed E-state index contributed by atoms with van der Waals surface area (Å²) in [7, 11) is 0. The summed E-state index contributed by atoms with van der Waals surface area (Å²) in [6.45, 7) is 0. The molecule has 10 heteroatoms. The van der Waals surface area contributed by atoms with E-state index in [2.05, 4.69) is 15.7 Å². The van der Waals surface area contributed by atoms with Crippen LogP contribution in [0.2, 0.25) is 0 Å². The maximum absolute atomic E-state index is 13.8. The lowest BCUT2D eigenvalue weighted by molar-refractivity contribution is -0.173. The molecule has 0 fully saturated rings. The molecule has 2 aromatic carbocycles. The number of nitrogens with zero attached hydrogens (tertiary/aromatic N) is 2. The molecular formula is C21H20F4N4OS. The van der Waals surface area contributed by atoms with Gasteiger partial charge in [-0.15, -0.1) is 11.8 Å². The van der Waals surface area contributed by atoms with Gasteiger partial charge in [0, 0.05) is 11.3 Å². The Morgan fingerprint density at radius 2 is 1.90 bits per heavy atom. The Morgan fingerprint density at radius 1 is 1.19 bits per heavy atom. The van der Waals surface area contributed by atoms with Gasteiger partial charge in [0.15, 0.2) is 12.3 Å². The third kappa shape index (κ3) is 4.35. The van der Waals surface area contributed by atoms with Crippen LogP contribution in [0, 0.1) is 5.82 Å². The summed E-state index contributed by atoms with van der Waals surface area (Å²) in [5.41, 5.74) is 1.36. The van der Waals surface area contributed by atoms with Gasteiger partial charge in [-0.1, -0.05) is 24.3 Å². The summed E-state index contributed by atoms with van der Waals surface area (Å²) in [4.78, 5) is 0.882. The Morgan fingerprint density at radius 3 is 2.58 bits per heavy atom. The first kappa shape index (κ1) is 21.5. The van der Waals surface area contributed by atoms with Crippen molar-refractivity contribution in [1.82, 2.24) is 9.78 Å². The second kappa shape index (κ2) is 8.43. The normalized spacial score (nSPS) is 19.4. The number of aromatic nitrogens is 2. The second-order valence-electron chi connectivity index (χ2n) is 7.18. The van der Waals surface area contributed by atoms with Crippen molar-refractivity contribution < 1.29 is 22.7 Å². The van der Waals surface area contributed by atoms with Crippen molar-refractivity contribution in [2.24, 2.45) is 0 Å². The van der Waals surface area contributed by atoms with Crippen LogP contribution in [-0.4, -0.2) is 27.3 Å². The lowest BCUT2D eigenvalue weighted by Crippen LogP contribution is -2.36. The molecule has 0 unspecified atom stereocenters. The third-order valence-corrected chi connectivity index (χ3v) is 6.03. The fourth-order valence-corrected chi connectivity index (χ4v) is 4.25. The molecule has 0 saturated carbocycles. The van der Waals surface area contributed by atoms with Crippen LogP contribution in [0.25, 0.3) is 0 Å². The Kier molecular flexibility index (Phi) is 5.85. The van der Waals surface area contributed by atoms with Crippen molar-refractivity contribution in [1.29, 1.82) is 0 Å². The smallest absolute Gasteiger partial charge is 0.369 e. The topological polar surface area (TPSA) is 62.1 Å². The fraction of sp³-hybridized carbons (Fsp3) is 0.286. The van der Waals surface area contributed by atoms with Gasteiger partial charge < -0.3 is 15.7 Å². The van der Waals surface area contributed by atoms with Crippen molar-refractivity contribution in [2.45, 2.75) is 35.8 Å². The van der Waals surface area contributed by atoms with Crippen LogP contribution in [0.3, 0.4) is 0 Å². The molecule has 0 radical (unpaired) electrons. The van der Waals surface area contributed by atoms with E-state index in [1.54, 1.807) is 12.1 Å². The van der Waals surface area contributed by atoms with Crippen LogP contribution < -0.4 is 10.6 Å². The predicted molar refractivity (Wildman–Crippen MR) is 112 cm³/mol. The highest BCUT2D eigenvalue weighted by atomic mass is 32.2. The molecule has 3 atom stereocenters. The molecule has 0 bridgehead atoms. The highest BCUT2D eigenvalue weighted by molar-refractivity contribution is 7.98. The number of benzene rings is 2. The van der Waals surface area contributed by atoms with Gasteiger partial charge in [0.05, 0.1) is 23.5 Å². The first-order chi connectivity index (χ1) is 14.8. The lowest BCUT2D eigenvalue weighted by Gasteiger charge is -2.34. The van der Waals surface area contributed by atoms with E-state index in [0.717, 1.165) is 9.58 Å². The SMILES string of the molecule is CSc1ccccc1N[C@@H](O)c1cnn2c1N[C@H](c1ccc(F)cc1)C[C@@H]2C(F)(F)F. The van der Waals surface area contributed by atoms with Crippen LogP contribution in [0.4, 0.5) is 29.1 Å². The zero-order valence-corrected chi connectivity index (χ0v) is 17.2. The molecular weight excluding hydrogens is 432 g/mol. The zero-order chi connectivity index (χ0) is 22.2. The quantitative estimate of drug-likeness (QED) is 0.271. The first-order valence-electron chi connectivity index (χ1n) is 9.51. The lowest BCUT2D eigenvalue weighted by atomic mass is 9.96. The number of nitrogens with one attached hydrogen (secondary N) is 2. The molecule has 2 heterocycles. The minimum absolute atomic E-state index is 0.0736. The Balaban J connectivity index is 1.68. The van der Waals surface area contributed by atoms with Crippen molar-refractivity contribution in [3.63, 3.8) is 0 Å². The van der Waals surface area contributed by atoms with Crippen molar-refractivity contribution in [3.05, 3.63) is 71.7 Å². The van der Waals surface area contributed by atoms with Gasteiger partial charge in [0.1, 0.15) is 11.6 Å². The molecule has 1 aliphatic heterocycles. The van der Waals surface area contributed by atoms with E-state index in [0.29, 0.717) is 11.3 Å². The summed E-state index contributed by atoms with van der Waals surface area (Å²) in [6.07, 6.45) is -3.01. The van der Waals surface area contributed by atoms with Gasteiger partial charge in [-0.05, 0) is 36.1 Å². The highest BCUT2D eigenvalue weighted by Gasteiger charge is 2.47. The number of aliphatic hydroxyl groups is 1. The number of aliphatic hydroxyl groups excluding tert-OH is 1. The molecule has 3 N–H and O–H groups in total. The Hall–Kier alpha value is -2.72. The van der Waals surface area contributed by atoms with E-state index in [1.165, 1.54) is 42.2 Å². The zero-order valence-electron chi connectivity index (χ0n) is 16.4. The molecule has 4 rings (SSSR count). The Bertz CT molecular complexity index is 1050.